The van der Waals surface area contributed by atoms with Gasteiger partial charge < -0.3 is 10.6 Å². The Morgan fingerprint density at radius 1 is 1.04 bits per heavy atom. The molecule has 4 nitrogen and oxygen atoms in total. The highest BCUT2D eigenvalue weighted by molar-refractivity contribution is 5.90. The zero-order valence-corrected chi connectivity index (χ0v) is 17.7. The lowest BCUT2D eigenvalue weighted by Gasteiger charge is -2.63. The van der Waals surface area contributed by atoms with Crippen molar-refractivity contribution in [2.75, 3.05) is 13.2 Å². The van der Waals surface area contributed by atoms with Crippen LogP contribution >= 0.6 is 0 Å². The fraction of sp³-hybridized carbons (Fsp3) is 0.913. The summed E-state index contributed by atoms with van der Waals surface area (Å²) in [6, 6.07) is 0. The number of rotatable bonds is 3. The van der Waals surface area contributed by atoms with Gasteiger partial charge in [-0.1, -0.05) is 32.9 Å². The van der Waals surface area contributed by atoms with E-state index in [-0.39, 0.29) is 10.8 Å². The van der Waals surface area contributed by atoms with Crippen molar-refractivity contribution in [1.29, 1.82) is 0 Å². The Balaban J connectivity index is 1.60. The molecule has 4 saturated carbocycles. The zero-order chi connectivity index (χ0) is 19.4. The second-order valence-electron chi connectivity index (χ2n) is 10.8. The minimum Gasteiger partial charge on any atom is -0.394 e. The average molecular weight is 375 g/mol. The van der Waals surface area contributed by atoms with Gasteiger partial charge in [-0.25, -0.2) is 0 Å². The summed E-state index contributed by atoms with van der Waals surface area (Å²) in [5.74, 6) is 3.35. The fourth-order valence-electron chi connectivity index (χ4n) is 8.02. The standard InChI is InChI=1S/C23H38N2O2/c1-21(2)18-7-5-15-16-6-8-20(26)23(16,4)11-9-17(15)22(18,3)12-10-19(21)25-27-14-13-24/h15-18H,5-14,24H2,1-4H3/b25-19+/t15-,16-,17-,18?,22+,23-/m0/s1. The average Bonchev–Trinajstić information content (AvgIpc) is 2.92. The van der Waals surface area contributed by atoms with Gasteiger partial charge in [0.25, 0.3) is 0 Å². The van der Waals surface area contributed by atoms with E-state index >= 15 is 0 Å². The Hall–Kier alpha value is -0.900. The molecule has 4 rings (SSSR count). The van der Waals surface area contributed by atoms with Crippen LogP contribution in [0.1, 0.15) is 79.1 Å². The van der Waals surface area contributed by atoms with Crippen LogP contribution in [0, 0.1) is 39.9 Å². The van der Waals surface area contributed by atoms with Gasteiger partial charge in [-0.05, 0) is 74.0 Å². The summed E-state index contributed by atoms with van der Waals surface area (Å²) >= 11 is 0. The fourth-order valence-corrected chi connectivity index (χ4v) is 8.02. The molecule has 4 aliphatic carbocycles. The van der Waals surface area contributed by atoms with E-state index in [1.807, 2.05) is 0 Å². The maximum Gasteiger partial charge on any atom is 0.139 e. The van der Waals surface area contributed by atoms with E-state index in [4.69, 9.17) is 10.6 Å². The van der Waals surface area contributed by atoms with E-state index < -0.39 is 0 Å². The molecular formula is C23H38N2O2. The van der Waals surface area contributed by atoms with Crippen molar-refractivity contribution >= 4 is 11.5 Å². The van der Waals surface area contributed by atoms with E-state index in [2.05, 4.69) is 32.9 Å². The Labute approximate surface area is 164 Å². The molecule has 4 heteroatoms. The first-order chi connectivity index (χ1) is 12.7. The van der Waals surface area contributed by atoms with Crippen LogP contribution in [0.25, 0.3) is 0 Å². The Morgan fingerprint density at radius 2 is 1.81 bits per heavy atom. The SMILES string of the molecule is CC1(C)/C(=N/OCCN)CC[C@@]2(C)C1CC[C@@H]1[C@@H]2CC[C@]2(C)C(=O)CC[C@@H]12. The van der Waals surface area contributed by atoms with Crippen molar-refractivity contribution in [3.63, 3.8) is 0 Å². The van der Waals surface area contributed by atoms with Gasteiger partial charge >= 0.3 is 0 Å². The van der Waals surface area contributed by atoms with Gasteiger partial charge in [-0.3, -0.25) is 4.79 Å². The van der Waals surface area contributed by atoms with Crippen molar-refractivity contribution in [1.82, 2.24) is 0 Å². The zero-order valence-electron chi connectivity index (χ0n) is 17.7. The van der Waals surface area contributed by atoms with E-state index in [9.17, 15) is 4.79 Å². The number of oxime groups is 1. The first-order valence-corrected chi connectivity index (χ1v) is 11.2. The Morgan fingerprint density at radius 3 is 2.56 bits per heavy atom. The molecule has 27 heavy (non-hydrogen) atoms. The monoisotopic (exact) mass is 374 g/mol. The molecule has 2 N–H and O–H groups in total. The lowest BCUT2D eigenvalue weighted by molar-refractivity contribution is -0.141. The van der Waals surface area contributed by atoms with Crippen molar-refractivity contribution in [3.05, 3.63) is 0 Å². The number of nitrogens with two attached hydrogens (primary N) is 1. The van der Waals surface area contributed by atoms with Crippen molar-refractivity contribution in [2.24, 2.45) is 50.8 Å². The smallest absolute Gasteiger partial charge is 0.139 e. The quantitative estimate of drug-likeness (QED) is 0.581. The number of hydrogen-bond donors (Lipinski definition) is 1. The molecule has 0 amide bonds. The molecule has 0 aromatic heterocycles. The van der Waals surface area contributed by atoms with E-state index in [1.165, 1.54) is 31.4 Å². The van der Waals surface area contributed by atoms with Crippen LogP contribution in [0.5, 0.6) is 0 Å². The highest BCUT2D eigenvalue weighted by atomic mass is 16.6. The molecule has 6 atom stereocenters. The summed E-state index contributed by atoms with van der Waals surface area (Å²) < 4.78 is 0. The van der Waals surface area contributed by atoms with Gasteiger partial charge in [-0.2, -0.15) is 0 Å². The normalized spacial score (nSPS) is 47.3. The molecule has 4 fully saturated rings. The summed E-state index contributed by atoms with van der Waals surface area (Å²) in [4.78, 5) is 18.1. The number of ketones is 1. The highest BCUT2D eigenvalue weighted by Gasteiger charge is 2.62. The highest BCUT2D eigenvalue weighted by Crippen LogP contribution is 2.67. The molecule has 0 spiro atoms. The molecule has 1 unspecified atom stereocenters. The number of Topliss-reactive ketones (excluding diaryl/α,β-unsaturated/α-hetero) is 1. The van der Waals surface area contributed by atoms with Crippen molar-refractivity contribution in [2.45, 2.75) is 79.1 Å². The number of carbonyl (C=O) groups excluding carboxylic acids is 1. The lowest BCUT2D eigenvalue weighted by Crippen LogP contribution is -2.58. The van der Waals surface area contributed by atoms with E-state index in [1.54, 1.807) is 0 Å². The summed E-state index contributed by atoms with van der Waals surface area (Å²) in [7, 11) is 0. The second-order valence-corrected chi connectivity index (χ2v) is 10.8. The first-order valence-electron chi connectivity index (χ1n) is 11.2. The number of hydrogen-bond acceptors (Lipinski definition) is 4. The predicted molar refractivity (Wildman–Crippen MR) is 108 cm³/mol. The summed E-state index contributed by atoms with van der Waals surface area (Å²) in [6.07, 6.45) is 9.12. The van der Waals surface area contributed by atoms with Crippen molar-refractivity contribution in [3.8, 4) is 0 Å². The summed E-state index contributed by atoms with van der Waals surface area (Å²) in [5.41, 5.74) is 7.22. The molecule has 0 saturated heterocycles. The van der Waals surface area contributed by atoms with E-state index in [0.29, 0.717) is 36.2 Å². The van der Waals surface area contributed by atoms with Gasteiger partial charge in [-0.15, -0.1) is 0 Å². The largest absolute Gasteiger partial charge is 0.394 e. The Kier molecular flexibility index (Phi) is 4.73. The maximum absolute atomic E-state index is 12.6. The van der Waals surface area contributed by atoms with Crippen LogP contribution in [-0.2, 0) is 9.63 Å². The van der Waals surface area contributed by atoms with Gasteiger partial charge in [0, 0.05) is 23.8 Å². The Bertz CT molecular complexity index is 642. The summed E-state index contributed by atoms with van der Waals surface area (Å²) in [5, 5.41) is 4.52. The van der Waals surface area contributed by atoms with Gasteiger partial charge in [0.2, 0.25) is 0 Å². The molecular weight excluding hydrogens is 336 g/mol. The van der Waals surface area contributed by atoms with Gasteiger partial charge in [0.1, 0.15) is 12.4 Å². The third-order valence-electron chi connectivity index (χ3n) is 9.48. The second kappa shape index (κ2) is 6.57. The molecule has 0 aromatic rings. The molecule has 4 aliphatic rings. The van der Waals surface area contributed by atoms with Gasteiger partial charge in [0.15, 0.2) is 0 Å². The lowest BCUT2D eigenvalue weighted by atomic mass is 9.41. The van der Waals surface area contributed by atoms with Crippen LogP contribution in [0.15, 0.2) is 5.16 Å². The number of carbonyl (C=O) groups is 1. The van der Waals surface area contributed by atoms with E-state index in [0.717, 1.165) is 37.5 Å². The number of fused-ring (bicyclic) bond motifs is 5. The van der Waals surface area contributed by atoms with Crippen LogP contribution in [-0.4, -0.2) is 24.6 Å². The third kappa shape index (κ3) is 2.73. The molecule has 0 radical (unpaired) electrons. The molecule has 0 heterocycles. The topological polar surface area (TPSA) is 64.7 Å². The minimum atomic E-state index is -0.0166. The first kappa shape index (κ1) is 19.4. The molecule has 0 bridgehead atoms. The maximum atomic E-state index is 12.6. The number of nitrogens with zero attached hydrogens (tertiary/aromatic N) is 1. The molecule has 0 aliphatic heterocycles. The van der Waals surface area contributed by atoms with Gasteiger partial charge in [0.05, 0.1) is 5.71 Å². The molecule has 0 aromatic carbocycles. The third-order valence-corrected chi connectivity index (χ3v) is 9.48. The molecule has 152 valence electrons. The van der Waals surface area contributed by atoms with Crippen LogP contribution < -0.4 is 5.73 Å². The minimum absolute atomic E-state index is 0.0166. The van der Waals surface area contributed by atoms with Crippen LogP contribution in [0.3, 0.4) is 0 Å². The van der Waals surface area contributed by atoms with Crippen LogP contribution in [0.4, 0.5) is 0 Å². The predicted octanol–water partition coefficient (Wildman–Crippen LogP) is 4.57. The van der Waals surface area contributed by atoms with Crippen LogP contribution in [0.2, 0.25) is 0 Å². The summed E-state index contributed by atoms with van der Waals surface area (Å²) in [6.45, 7) is 10.6. The van der Waals surface area contributed by atoms with Crippen molar-refractivity contribution < 1.29 is 9.63 Å².